The standard InChI is InChI=1S/C11H22N2/c1-3-4-11(12)13-10-7-5-9(2)6-8-10/h9-10H,3-8H2,1-2H3,(H2,12,13). The number of hydrogen-bond donors (Lipinski definition) is 1. The van der Waals surface area contributed by atoms with Crippen molar-refractivity contribution in [2.24, 2.45) is 16.6 Å². The normalized spacial score (nSPS) is 30.5. The molecule has 1 aliphatic carbocycles. The van der Waals surface area contributed by atoms with Crippen LogP contribution in [0.25, 0.3) is 0 Å². The maximum atomic E-state index is 5.80. The van der Waals surface area contributed by atoms with Gasteiger partial charge in [0.1, 0.15) is 0 Å². The van der Waals surface area contributed by atoms with Crippen LogP contribution in [0.5, 0.6) is 0 Å². The third-order valence-corrected chi connectivity index (χ3v) is 2.84. The molecule has 1 saturated carbocycles. The Hall–Kier alpha value is -0.530. The van der Waals surface area contributed by atoms with Crippen molar-refractivity contribution in [1.29, 1.82) is 0 Å². The van der Waals surface area contributed by atoms with Crippen LogP contribution >= 0.6 is 0 Å². The predicted molar refractivity (Wildman–Crippen MR) is 58.0 cm³/mol. The van der Waals surface area contributed by atoms with Crippen LogP contribution in [0.1, 0.15) is 52.4 Å². The third kappa shape index (κ3) is 3.79. The van der Waals surface area contributed by atoms with E-state index >= 15 is 0 Å². The van der Waals surface area contributed by atoms with Gasteiger partial charge in [0.15, 0.2) is 0 Å². The van der Waals surface area contributed by atoms with Gasteiger partial charge >= 0.3 is 0 Å². The van der Waals surface area contributed by atoms with Crippen LogP contribution in [0.3, 0.4) is 0 Å². The fraction of sp³-hybridized carbons (Fsp3) is 0.909. The van der Waals surface area contributed by atoms with Crippen molar-refractivity contribution in [3.8, 4) is 0 Å². The van der Waals surface area contributed by atoms with E-state index in [0.29, 0.717) is 6.04 Å². The van der Waals surface area contributed by atoms with E-state index in [1.165, 1.54) is 25.7 Å². The van der Waals surface area contributed by atoms with E-state index in [0.717, 1.165) is 24.6 Å². The summed E-state index contributed by atoms with van der Waals surface area (Å²) in [7, 11) is 0. The zero-order chi connectivity index (χ0) is 9.68. The van der Waals surface area contributed by atoms with Crippen LogP contribution in [-0.4, -0.2) is 11.9 Å². The largest absolute Gasteiger partial charge is 0.387 e. The van der Waals surface area contributed by atoms with E-state index in [1.807, 2.05) is 0 Å². The Morgan fingerprint density at radius 1 is 1.31 bits per heavy atom. The molecule has 2 heteroatoms. The number of nitrogens with zero attached hydrogens (tertiary/aromatic N) is 1. The van der Waals surface area contributed by atoms with Gasteiger partial charge in [-0.05, 0) is 38.0 Å². The Morgan fingerprint density at radius 2 is 1.92 bits per heavy atom. The van der Waals surface area contributed by atoms with Gasteiger partial charge in [0.05, 0.1) is 11.9 Å². The molecule has 76 valence electrons. The molecule has 2 nitrogen and oxygen atoms in total. The van der Waals surface area contributed by atoms with Gasteiger partial charge in [-0.15, -0.1) is 0 Å². The fourth-order valence-electron chi connectivity index (χ4n) is 1.93. The number of rotatable bonds is 3. The lowest BCUT2D eigenvalue weighted by molar-refractivity contribution is 0.349. The monoisotopic (exact) mass is 182 g/mol. The average molecular weight is 182 g/mol. The molecule has 0 heterocycles. The zero-order valence-corrected chi connectivity index (χ0v) is 8.92. The predicted octanol–water partition coefficient (Wildman–Crippen LogP) is 2.72. The molecule has 0 bridgehead atoms. The molecule has 0 radical (unpaired) electrons. The molecule has 0 spiro atoms. The molecular weight excluding hydrogens is 160 g/mol. The van der Waals surface area contributed by atoms with Crippen LogP contribution in [0.2, 0.25) is 0 Å². The first-order valence-electron chi connectivity index (χ1n) is 5.54. The highest BCUT2D eigenvalue weighted by Crippen LogP contribution is 2.25. The quantitative estimate of drug-likeness (QED) is 0.529. The lowest BCUT2D eigenvalue weighted by Gasteiger charge is -2.23. The Morgan fingerprint density at radius 3 is 2.46 bits per heavy atom. The molecule has 0 atom stereocenters. The molecular formula is C11H22N2. The number of nitrogens with two attached hydrogens (primary N) is 1. The Kier molecular flexibility index (Phi) is 4.26. The maximum Gasteiger partial charge on any atom is 0.0940 e. The summed E-state index contributed by atoms with van der Waals surface area (Å²) < 4.78 is 0. The minimum atomic E-state index is 0.530. The zero-order valence-electron chi connectivity index (χ0n) is 8.92. The van der Waals surface area contributed by atoms with Gasteiger partial charge in [-0.25, -0.2) is 0 Å². The van der Waals surface area contributed by atoms with Gasteiger partial charge < -0.3 is 5.73 Å². The Labute approximate surface area is 81.6 Å². The van der Waals surface area contributed by atoms with E-state index < -0.39 is 0 Å². The fourth-order valence-corrected chi connectivity index (χ4v) is 1.93. The lowest BCUT2D eigenvalue weighted by Crippen LogP contribution is -2.20. The number of aliphatic imine (C=N–C) groups is 1. The molecule has 0 aliphatic heterocycles. The molecule has 13 heavy (non-hydrogen) atoms. The number of amidine groups is 1. The van der Waals surface area contributed by atoms with Crippen molar-refractivity contribution in [3.63, 3.8) is 0 Å². The van der Waals surface area contributed by atoms with Crippen LogP contribution in [0.15, 0.2) is 4.99 Å². The van der Waals surface area contributed by atoms with Crippen molar-refractivity contribution in [2.75, 3.05) is 0 Å². The van der Waals surface area contributed by atoms with Gasteiger partial charge in [0.2, 0.25) is 0 Å². The summed E-state index contributed by atoms with van der Waals surface area (Å²) in [5.74, 6) is 1.76. The molecule has 1 aliphatic rings. The average Bonchev–Trinajstić information content (AvgIpc) is 2.09. The van der Waals surface area contributed by atoms with Crippen molar-refractivity contribution < 1.29 is 0 Å². The molecule has 0 unspecified atom stereocenters. The summed E-state index contributed by atoms with van der Waals surface area (Å²) in [6, 6.07) is 0.530. The van der Waals surface area contributed by atoms with Crippen molar-refractivity contribution in [2.45, 2.75) is 58.4 Å². The van der Waals surface area contributed by atoms with Gasteiger partial charge in [-0.2, -0.15) is 0 Å². The molecule has 2 N–H and O–H groups in total. The molecule has 1 fully saturated rings. The molecule has 0 saturated heterocycles. The van der Waals surface area contributed by atoms with Crippen LogP contribution in [0, 0.1) is 5.92 Å². The maximum absolute atomic E-state index is 5.80. The summed E-state index contributed by atoms with van der Waals surface area (Å²) in [5, 5.41) is 0. The van der Waals surface area contributed by atoms with Crippen LogP contribution in [0.4, 0.5) is 0 Å². The summed E-state index contributed by atoms with van der Waals surface area (Å²) >= 11 is 0. The number of hydrogen-bond acceptors (Lipinski definition) is 1. The van der Waals surface area contributed by atoms with Gasteiger partial charge in [-0.1, -0.05) is 13.8 Å². The first kappa shape index (κ1) is 10.6. The summed E-state index contributed by atoms with van der Waals surface area (Å²) in [5.41, 5.74) is 5.80. The summed E-state index contributed by atoms with van der Waals surface area (Å²) in [4.78, 5) is 4.55. The van der Waals surface area contributed by atoms with Gasteiger partial charge in [0.25, 0.3) is 0 Å². The van der Waals surface area contributed by atoms with E-state index in [2.05, 4.69) is 18.8 Å². The first-order chi connectivity index (χ1) is 6.22. The third-order valence-electron chi connectivity index (χ3n) is 2.84. The lowest BCUT2D eigenvalue weighted by atomic mass is 9.88. The van der Waals surface area contributed by atoms with Crippen molar-refractivity contribution in [1.82, 2.24) is 0 Å². The topological polar surface area (TPSA) is 38.4 Å². The van der Waals surface area contributed by atoms with E-state index in [-0.39, 0.29) is 0 Å². The smallest absolute Gasteiger partial charge is 0.0940 e. The minimum Gasteiger partial charge on any atom is -0.387 e. The van der Waals surface area contributed by atoms with Crippen molar-refractivity contribution in [3.05, 3.63) is 0 Å². The van der Waals surface area contributed by atoms with Crippen LogP contribution < -0.4 is 5.73 Å². The van der Waals surface area contributed by atoms with E-state index in [9.17, 15) is 0 Å². The van der Waals surface area contributed by atoms with Crippen molar-refractivity contribution >= 4 is 5.84 Å². The highest BCUT2D eigenvalue weighted by Gasteiger charge is 2.17. The second-order valence-electron chi connectivity index (χ2n) is 4.28. The molecule has 0 amide bonds. The van der Waals surface area contributed by atoms with Crippen LogP contribution in [-0.2, 0) is 0 Å². The molecule has 0 aromatic rings. The molecule has 0 aromatic heterocycles. The van der Waals surface area contributed by atoms with E-state index in [4.69, 9.17) is 5.73 Å². The molecule has 1 rings (SSSR count). The second-order valence-corrected chi connectivity index (χ2v) is 4.28. The summed E-state index contributed by atoms with van der Waals surface area (Å²) in [6.45, 7) is 4.47. The Balaban J connectivity index is 2.32. The Bertz CT molecular complexity index is 167. The SMILES string of the molecule is CCCC(N)=NC1CCC(C)CC1. The summed E-state index contributed by atoms with van der Waals surface area (Å²) in [6.07, 6.45) is 7.21. The highest BCUT2D eigenvalue weighted by molar-refractivity contribution is 5.80. The minimum absolute atomic E-state index is 0.530. The first-order valence-corrected chi connectivity index (χ1v) is 5.54. The second kappa shape index (κ2) is 5.25. The highest BCUT2D eigenvalue weighted by atomic mass is 14.9. The van der Waals surface area contributed by atoms with Gasteiger partial charge in [0, 0.05) is 6.42 Å². The molecule has 0 aromatic carbocycles. The van der Waals surface area contributed by atoms with Gasteiger partial charge in [-0.3, -0.25) is 4.99 Å². The van der Waals surface area contributed by atoms with E-state index in [1.54, 1.807) is 0 Å².